The van der Waals surface area contributed by atoms with Crippen molar-refractivity contribution in [3.05, 3.63) is 36.0 Å². The molecule has 0 amide bonds. The van der Waals surface area contributed by atoms with Crippen LogP contribution in [0.3, 0.4) is 0 Å². The molecular formula is C13H22. The van der Waals surface area contributed by atoms with Crippen molar-refractivity contribution < 1.29 is 0 Å². The van der Waals surface area contributed by atoms with Gasteiger partial charge in [-0.15, -0.1) is 6.58 Å². The molecule has 0 aliphatic heterocycles. The zero-order chi connectivity index (χ0) is 10.3. The van der Waals surface area contributed by atoms with Crippen molar-refractivity contribution in [3.8, 4) is 0 Å². The Kier molecular flexibility index (Phi) is 6.30. The van der Waals surface area contributed by atoms with Gasteiger partial charge in [0.25, 0.3) is 0 Å². The highest BCUT2D eigenvalue weighted by molar-refractivity contribution is 5.09. The molecule has 0 rings (SSSR count). The molecule has 0 aliphatic rings. The maximum absolute atomic E-state index is 3.71. The van der Waals surface area contributed by atoms with Crippen molar-refractivity contribution in [1.82, 2.24) is 0 Å². The van der Waals surface area contributed by atoms with Gasteiger partial charge in [0.15, 0.2) is 0 Å². The van der Waals surface area contributed by atoms with E-state index in [2.05, 4.69) is 46.4 Å². The Bertz CT molecular complexity index is 206. The fourth-order valence-electron chi connectivity index (χ4n) is 1.23. The van der Waals surface area contributed by atoms with Crippen LogP contribution >= 0.6 is 0 Å². The third kappa shape index (κ3) is 5.46. The van der Waals surface area contributed by atoms with E-state index in [1.54, 1.807) is 0 Å². The van der Waals surface area contributed by atoms with Crippen LogP contribution in [0.2, 0.25) is 0 Å². The minimum atomic E-state index is 0.663. The van der Waals surface area contributed by atoms with Crippen molar-refractivity contribution in [3.63, 3.8) is 0 Å². The fourth-order valence-corrected chi connectivity index (χ4v) is 1.23. The minimum absolute atomic E-state index is 0.663. The van der Waals surface area contributed by atoms with Crippen molar-refractivity contribution in [2.24, 2.45) is 5.92 Å². The normalized spacial score (nSPS) is 15.7. The second-order valence-corrected chi connectivity index (χ2v) is 3.71. The van der Waals surface area contributed by atoms with Crippen LogP contribution in [0.25, 0.3) is 0 Å². The first-order valence-electron chi connectivity index (χ1n) is 5.01. The lowest BCUT2D eigenvalue weighted by Gasteiger charge is -2.12. The van der Waals surface area contributed by atoms with Crippen LogP contribution in [-0.2, 0) is 0 Å². The Balaban J connectivity index is 4.09. The van der Waals surface area contributed by atoms with Crippen molar-refractivity contribution in [2.75, 3.05) is 0 Å². The predicted molar refractivity (Wildman–Crippen MR) is 61.8 cm³/mol. The zero-order valence-electron chi connectivity index (χ0n) is 9.43. The lowest BCUT2D eigenvalue weighted by atomic mass is 9.94. The molecule has 0 N–H and O–H groups in total. The van der Waals surface area contributed by atoms with E-state index in [0.29, 0.717) is 5.92 Å². The Morgan fingerprint density at radius 3 is 2.46 bits per heavy atom. The molecule has 0 heteroatoms. The van der Waals surface area contributed by atoms with E-state index in [9.17, 15) is 0 Å². The Labute approximate surface area is 83.0 Å². The van der Waals surface area contributed by atoms with Gasteiger partial charge in [-0.2, -0.15) is 0 Å². The van der Waals surface area contributed by atoms with Gasteiger partial charge in [0.2, 0.25) is 0 Å². The number of hydrogen-bond acceptors (Lipinski definition) is 0. The molecule has 13 heavy (non-hydrogen) atoms. The monoisotopic (exact) mass is 178 g/mol. The van der Waals surface area contributed by atoms with Gasteiger partial charge in [0, 0.05) is 0 Å². The van der Waals surface area contributed by atoms with Gasteiger partial charge in [0.1, 0.15) is 0 Å². The van der Waals surface area contributed by atoms with Gasteiger partial charge in [0.05, 0.1) is 0 Å². The maximum atomic E-state index is 3.71. The standard InChI is InChI=1S/C13H22/c1-6-8-9-12(4)13(5)10-11(3)7-2/h6-7,9,13H,1,8,10H2,2-5H3. The average molecular weight is 178 g/mol. The largest absolute Gasteiger partial charge is 0.103 e. The summed E-state index contributed by atoms with van der Waals surface area (Å²) in [5.41, 5.74) is 2.94. The molecule has 0 spiro atoms. The van der Waals surface area contributed by atoms with Gasteiger partial charge < -0.3 is 0 Å². The second kappa shape index (κ2) is 6.71. The molecule has 0 nitrogen and oxygen atoms in total. The molecule has 0 radical (unpaired) electrons. The van der Waals surface area contributed by atoms with Crippen LogP contribution in [0.4, 0.5) is 0 Å². The third-order valence-corrected chi connectivity index (χ3v) is 2.50. The van der Waals surface area contributed by atoms with Crippen molar-refractivity contribution in [2.45, 2.75) is 40.5 Å². The molecule has 1 atom stereocenters. The Morgan fingerprint density at radius 2 is 2.00 bits per heavy atom. The molecule has 0 aromatic heterocycles. The van der Waals surface area contributed by atoms with Crippen LogP contribution in [0.5, 0.6) is 0 Å². The van der Waals surface area contributed by atoms with Gasteiger partial charge in [-0.3, -0.25) is 0 Å². The third-order valence-electron chi connectivity index (χ3n) is 2.50. The zero-order valence-corrected chi connectivity index (χ0v) is 9.43. The Morgan fingerprint density at radius 1 is 1.38 bits per heavy atom. The molecule has 0 fully saturated rings. The van der Waals surface area contributed by atoms with Gasteiger partial charge in [-0.25, -0.2) is 0 Å². The molecule has 74 valence electrons. The number of allylic oxidation sites excluding steroid dienone is 5. The van der Waals surface area contributed by atoms with Crippen LogP contribution in [0.1, 0.15) is 40.5 Å². The summed E-state index contributed by atoms with van der Waals surface area (Å²) >= 11 is 0. The fraction of sp³-hybridized carbons (Fsp3) is 0.538. The van der Waals surface area contributed by atoms with Crippen LogP contribution in [0.15, 0.2) is 36.0 Å². The van der Waals surface area contributed by atoms with Crippen LogP contribution < -0.4 is 0 Å². The van der Waals surface area contributed by atoms with E-state index in [1.807, 2.05) is 6.08 Å². The average Bonchev–Trinajstić information content (AvgIpc) is 2.13. The summed E-state index contributed by atoms with van der Waals surface area (Å²) in [6.07, 6.45) is 8.57. The van der Waals surface area contributed by atoms with E-state index in [1.165, 1.54) is 17.6 Å². The molecule has 0 heterocycles. The van der Waals surface area contributed by atoms with Crippen LogP contribution in [-0.4, -0.2) is 0 Å². The van der Waals surface area contributed by atoms with Crippen LogP contribution in [0, 0.1) is 5.92 Å². The summed E-state index contributed by atoms with van der Waals surface area (Å²) in [5, 5.41) is 0. The topological polar surface area (TPSA) is 0 Å². The Hall–Kier alpha value is -0.780. The van der Waals surface area contributed by atoms with Gasteiger partial charge in [-0.1, -0.05) is 36.3 Å². The first kappa shape index (κ1) is 12.2. The first-order chi connectivity index (χ1) is 6.11. The highest BCUT2D eigenvalue weighted by Gasteiger charge is 2.03. The molecule has 0 aromatic rings. The van der Waals surface area contributed by atoms with Gasteiger partial charge >= 0.3 is 0 Å². The quantitative estimate of drug-likeness (QED) is 0.544. The minimum Gasteiger partial charge on any atom is -0.103 e. The summed E-state index contributed by atoms with van der Waals surface area (Å²) in [5.74, 6) is 0.663. The lowest BCUT2D eigenvalue weighted by Crippen LogP contribution is -1.97. The van der Waals surface area contributed by atoms with E-state index in [4.69, 9.17) is 0 Å². The molecule has 1 unspecified atom stereocenters. The summed E-state index contributed by atoms with van der Waals surface area (Å²) < 4.78 is 0. The maximum Gasteiger partial charge on any atom is -0.0169 e. The molecule has 0 aliphatic carbocycles. The molecular weight excluding hydrogens is 156 g/mol. The van der Waals surface area contributed by atoms with Gasteiger partial charge in [-0.05, 0) is 39.5 Å². The summed E-state index contributed by atoms with van der Waals surface area (Å²) in [4.78, 5) is 0. The smallest absolute Gasteiger partial charge is 0.0169 e. The molecule has 0 aromatic carbocycles. The first-order valence-corrected chi connectivity index (χ1v) is 5.01. The second-order valence-electron chi connectivity index (χ2n) is 3.71. The molecule has 0 bridgehead atoms. The summed E-state index contributed by atoms with van der Waals surface area (Å²) in [6.45, 7) is 12.5. The highest BCUT2D eigenvalue weighted by atomic mass is 14.1. The summed E-state index contributed by atoms with van der Waals surface area (Å²) in [7, 11) is 0. The van der Waals surface area contributed by atoms with E-state index in [0.717, 1.165) is 6.42 Å². The number of hydrogen-bond donors (Lipinski definition) is 0. The lowest BCUT2D eigenvalue weighted by molar-refractivity contribution is 0.668. The molecule has 0 saturated carbocycles. The van der Waals surface area contributed by atoms with E-state index >= 15 is 0 Å². The summed E-state index contributed by atoms with van der Waals surface area (Å²) in [6, 6.07) is 0. The van der Waals surface area contributed by atoms with E-state index < -0.39 is 0 Å². The highest BCUT2D eigenvalue weighted by Crippen LogP contribution is 2.19. The van der Waals surface area contributed by atoms with Crippen molar-refractivity contribution in [1.29, 1.82) is 0 Å². The van der Waals surface area contributed by atoms with E-state index in [-0.39, 0.29) is 0 Å². The SMILES string of the molecule is C=CCC=C(C)C(C)CC(C)=CC. The molecule has 0 saturated heterocycles. The predicted octanol–water partition coefficient (Wildman–Crippen LogP) is 4.50. The number of rotatable bonds is 5. The van der Waals surface area contributed by atoms with Crippen molar-refractivity contribution >= 4 is 0 Å².